The smallest absolute Gasteiger partial charge is 0.373 e. The van der Waals surface area contributed by atoms with Gasteiger partial charge in [0.05, 0.1) is 5.69 Å². The van der Waals surface area contributed by atoms with Gasteiger partial charge in [0.15, 0.2) is 0 Å². The van der Waals surface area contributed by atoms with Crippen LogP contribution in [-0.4, -0.2) is 16.1 Å². The summed E-state index contributed by atoms with van der Waals surface area (Å²) in [5.41, 5.74) is 1.97. The van der Waals surface area contributed by atoms with Crippen LogP contribution in [0.25, 0.3) is 11.5 Å². The first-order chi connectivity index (χ1) is 8.91. The van der Waals surface area contributed by atoms with E-state index in [1.54, 1.807) is 12.1 Å². The Hall–Kier alpha value is -1.81. The standard InChI is InChI=1S/C14H14ClNO3/c1-7(2)11-12(14(17)18)19-13(16-11)9-5-4-6-10(15)8(9)3/h4-7H,1-3H3,(H,17,18). The van der Waals surface area contributed by atoms with E-state index in [1.807, 2.05) is 26.8 Å². The second kappa shape index (κ2) is 5.05. The van der Waals surface area contributed by atoms with Gasteiger partial charge in [-0.05, 0) is 30.5 Å². The number of carbonyl (C=O) groups is 1. The molecule has 0 spiro atoms. The Morgan fingerprint density at radius 1 is 1.42 bits per heavy atom. The van der Waals surface area contributed by atoms with E-state index in [0.29, 0.717) is 22.2 Å². The van der Waals surface area contributed by atoms with Gasteiger partial charge >= 0.3 is 5.97 Å². The number of carboxylic acids is 1. The quantitative estimate of drug-likeness (QED) is 0.918. The number of hydrogen-bond donors (Lipinski definition) is 1. The Kier molecular flexibility index (Phi) is 3.62. The lowest BCUT2D eigenvalue weighted by molar-refractivity contribution is 0.0661. The molecule has 1 heterocycles. The van der Waals surface area contributed by atoms with Crippen LogP contribution in [0.4, 0.5) is 0 Å². The Morgan fingerprint density at radius 3 is 2.63 bits per heavy atom. The molecule has 1 N–H and O–H groups in total. The number of aromatic carboxylic acids is 1. The number of hydrogen-bond acceptors (Lipinski definition) is 3. The van der Waals surface area contributed by atoms with Crippen molar-refractivity contribution in [2.75, 3.05) is 0 Å². The van der Waals surface area contributed by atoms with E-state index in [4.69, 9.17) is 21.1 Å². The number of oxazole rings is 1. The summed E-state index contributed by atoms with van der Waals surface area (Å²) in [6, 6.07) is 5.36. The molecule has 19 heavy (non-hydrogen) atoms. The van der Waals surface area contributed by atoms with E-state index >= 15 is 0 Å². The van der Waals surface area contributed by atoms with Crippen molar-refractivity contribution in [2.24, 2.45) is 0 Å². The fourth-order valence-corrected chi connectivity index (χ4v) is 2.01. The summed E-state index contributed by atoms with van der Waals surface area (Å²) in [6.07, 6.45) is 0. The number of benzene rings is 1. The monoisotopic (exact) mass is 279 g/mol. The van der Waals surface area contributed by atoms with E-state index in [2.05, 4.69) is 4.98 Å². The third-order valence-electron chi connectivity index (χ3n) is 2.89. The number of halogens is 1. The van der Waals surface area contributed by atoms with E-state index in [1.165, 1.54) is 0 Å². The van der Waals surface area contributed by atoms with Crippen LogP contribution in [-0.2, 0) is 0 Å². The minimum absolute atomic E-state index is 0.0249. The van der Waals surface area contributed by atoms with Crippen LogP contribution in [0.3, 0.4) is 0 Å². The molecule has 2 aromatic rings. The van der Waals surface area contributed by atoms with Crippen LogP contribution >= 0.6 is 11.6 Å². The van der Waals surface area contributed by atoms with Gasteiger partial charge in [-0.25, -0.2) is 9.78 Å². The second-order valence-electron chi connectivity index (χ2n) is 4.61. The van der Waals surface area contributed by atoms with Crippen molar-refractivity contribution in [1.82, 2.24) is 4.98 Å². The minimum atomic E-state index is -1.11. The van der Waals surface area contributed by atoms with Gasteiger partial charge in [0.1, 0.15) is 0 Å². The summed E-state index contributed by atoms with van der Waals surface area (Å²) in [6.45, 7) is 5.59. The Balaban J connectivity index is 2.61. The molecule has 0 saturated heterocycles. The van der Waals surface area contributed by atoms with Gasteiger partial charge < -0.3 is 9.52 Å². The molecule has 100 valence electrons. The SMILES string of the molecule is Cc1c(Cl)cccc1-c1nc(C(C)C)c(C(=O)O)o1. The fraction of sp³-hybridized carbons (Fsp3) is 0.286. The van der Waals surface area contributed by atoms with Gasteiger partial charge in [0, 0.05) is 10.6 Å². The van der Waals surface area contributed by atoms with Crippen molar-refractivity contribution in [3.05, 3.63) is 40.2 Å². The van der Waals surface area contributed by atoms with Crippen LogP contribution in [0.15, 0.2) is 22.6 Å². The van der Waals surface area contributed by atoms with Gasteiger partial charge in [-0.2, -0.15) is 0 Å². The minimum Gasteiger partial charge on any atom is -0.475 e. The second-order valence-corrected chi connectivity index (χ2v) is 5.01. The molecule has 0 amide bonds. The molecule has 2 rings (SSSR count). The van der Waals surface area contributed by atoms with Crippen molar-refractivity contribution in [3.63, 3.8) is 0 Å². The van der Waals surface area contributed by atoms with Crippen molar-refractivity contribution in [1.29, 1.82) is 0 Å². The number of carboxylic acid groups (broad SMARTS) is 1. The summed E-state index contributed by atoms with van der Waals surface area (Å²) in [4.78, 5) is 15.5. The van der Waals surface area contributed by atoms with Crippen LogP contribution < -0.4 is 0 Å². The summed E-state index contributed by atoms with van der Waals surface area (Å²) < 4.78 is 5.39. The summed E-state index contributed by atoms with van der Waals surface area (Å²) in [5.74, 6) is -0.948. The largest absolute Gasteiger partial charge is 0.475 e. The first kappa shape index (κ1) is 13.6. The maximum absolute atomic E-state index is 11.2. The summed E-state index contributed by atoms with van der Waals surface area (Å²) in [7, 11) is 0. The average Bonchev–Trinajstić information content (AvgIpc) is 2.77. The predicted molar refractivity (Wildman–Crippen MR) is 72.7 cm³/mol. The lowest BCUT2D eigenvalue weighted by atomic mass is 10.1. The summed E-state index contributed by atoms with van der Waals surface area (Å²) in [5, 5.41) is 9.73. The predicted octanol–water partition coefficient (Wildman–Crippen LogP) is 4.13. The van der Waals surface area contributed by atoms with E-state index < -0.39 is 5.97 Å². The molecule has 0 fully saturated rings. The lowest BCUT2D eigenvalue weighted by Crippen LogP contribution is -2.01. The van der Waals surface area contributed by atoms with Gasteiger partial charge in [-0.1, -0.05) is 31.5 Å². The van der Waals surface area contributed by atoms with Crippen LogP contribution in [0.5, 0.6) is 0 Å². The van der Waals surface area contributed by atoms with Gasteiger partial charge in [0.25, 0.3) is 0 Å². The molecule has 0 saturated carbocycles. The molecule has 0 aliphatic carbocycles. The van der Waals surface area contributed by atoms with E-state index in [0.717, 1.165) is 5.56 Å². The van der Waals surface area contributed by atoms with Crippen molar-refractivity contribution >= 4 is 17.6 Å². The number of rotatable bonds is 3. The molecule has 0 aliphatic heterocycles. The molecule has 1 aromatic carbocycles. The molecule has 4 nitrogen and oxygen atoms in total. The molecular formula is C14H14ClNO3. The molecule has 0 atom stereocenters. The first-order valence-electron chi connectivity index (χ1n) is 5.91. The zero-order valence-corrected chi connectivity index (χ0v) is 11.7. The lowest BCUT2D eigenvalue weighted by Gasteiger charge is -2.02. The van der Waals surface area contributed by atoms with Crippen LogP contribution in [0.1, 0.15) is 41.6 Å². The molecular weight excluding hydrogens is 266 g/mol. The fourth-order valence-electron chi connectivity index (χ4n) is 1.83. The van der Waals surface area contributed by atoms with Crippen LogP contribution in [0.2, 0.25) is 5.02 Å². The van der Waals surface area contributed by atoms with Gasteiger partial charge in [-0.3, -0.25) is 0 Å². The zero-order chi connectivity index (χ0) is 14.2. The van der Waals surface area contributed by atoms with Crippen molar-refractivity contribution < 1.29 is 14.3 Å². The third kappa shape index (κ3) is 2.49. The Bertz CT molecular complexity index is 632. The maximum atomic E-state index is 11.2. The van der Waals surface area contributed by atoms with Crippen LogP contribution in [0, 0.1) is 6.92 Å². The molecule has 0 unspecified atom stereocenters. The van der Waals surface area contributed by atoms with E-state index in [9.17, 15) is 4.79 Å². The Labute approximate surface area is 116 Å². The number of aromatic nitrogens is 1. The van der Waals surface area contributed by atoms with E-state index in [-0.39, 0.29) is 11.7 Å². The summed E-state index contributed by atoms with van der Waals surface area (Å²) >= 11 is 6.05. The van der Waals surface area contributed by atoms with Crippen molar-refractivity contribution in [2.45, 2.75) is 26.7 Å². The highest BCUT2D eigenvalue weighted by atomic mass is 35.5. The first-order valence-corrected chi connectivity index (χ1v) is 6.29. The number of nitrogens with zero attached hydrogens (tertiary/aromatic N) is 1. The van der Waals surface area contributed by atoms with Crippen molar-refractivity contribution in [3.8, 4) is 11.5 Å². The third-order valence-corrected chi connectivity index (χ3v) is 3.30. The molecule has 0 radical (unpaired) electrons. The maximum Gasteiger partial charge on any atom is 0.373 e. The van der Waals surface area contributed by atoms with Gasteiger partial charge in [0.2, 0.25) is 11.7 Å². The highest BCUT2D eigenvalue weighted by Crippen LogP contribution is 2.31. The highest BCUT2D eigenvalue weighted by molar-refractivity contribution is 6.31. The zero-order valence-electron chi connectivity index (χ0n) is 10.9. The molecule has 1 aromatic heterocycles. The normalized spacial score (nSPS) is 11.0. The topological polar surface area (TPSA) is 63.3 Å². The molecule has 0 bridgehead atoms. The average molecular weight is 280 g/mol. The molecule has 0 aliphatic rings. The Morgan fingerprint density at radius 2 is 2.11 bits per heavy atom. The molecule has 5 heteroatoms. The van der Waals surface area contributed by atoms with Gasteiger partial charge in [-0.15, -0.1) is 0 Å². The highest BCUT2D eigenvalue weighted by Gasteiger charge is 2.23.